The third-order valence-corrected chi connectivity index (χ3v) is 9.79. The Hall–Kier alpha value is -2.92. The standard InChI is InChI=1S/C26H21FNS.C13H24O2.Ir/c1-15-14-29-25-18(15)9-10-20-22(27)13-28-24(23(20)25)17-11-16-7-5-6-8-19(16)21(12-17)26(2,3)4;1-5-10(6-2)12(14)9-13(15)11(7-3)8-4;/h5-10,12-14H,1-4H3;9-11,14H,5-8H2,1-4H3;/q-1;;/b;12-9-;. The van der Waals surface area contributed by atoms with E-state index in [9.17, 15) is 14.3 Å². The van der Waals surface area contributed by atoms with Crippen LogP contribution in [0.2, 0.25) is 0 Å². The van der Waals surface area contributed by atoms with Crippen LogP contribution in [-0.4, -0.2) is 15.9 Å². The van der Waals surface area contributed by atoms with Crippen LogP contribution in [0.5, 0.6) is 0 Å². The number of aliphatic hydroxyl groups is 1. The first kappa shape index (κ1) is 36.5. The predicted octanol–water partition coefficient (Wildman–Crippen LogP) is 11.7. The van der Waals surface area contributed by atoms with Gasteiger partial charge in [-0.3, -0.25) is 9.78 Å². The van der Waals surface area contributed by atoms with E-state index in [1.165, 1.54) is 28.8 Å². The van der Waals surface area contributed by atoms with Crippen LogP contribution >= 0.6 is 11.3 Å². The SMILES string of the molecule is CCC(CC)C(=O)/C=C(\O)C(CC)CC.Cc1csc2c1ccc1c(F)cnc(-c3[c-]c4ccccc4c(C(C)(C)C)c3)c12.[Ir]. The molecular weight excluding hydrogens is 758 g/mol. The number of carbonyl (C=O) groups excluding carboxylic acids is 1. The average Bonchev–Trinajstić information content (AvgIpc) is 3.38. The molecule has 0 unspecified atom stereocenters. The number of carbonyl (C=O) groups is 1. The molecular formula is C39H45FIrNO2S-. The number of aromatic nitrogens is 1. The number of nitrogens with zero attached hydrogens (tertiary/aromatic N) is 1. The van der Waals surface area contributed by atoms with Gasteiger partial charge in [0.2, 0.25) is 0 Å². The first-order valence-electron chi connectivity index (χ1n) is 15.8. The summed E-state index contributed by atoms with van der Waals surface area (Å²) in [7, 11) is 0. The maximum absolute atomic E-state index is 14.7. The zero-order valence-corrected chi connectivity index (χ0v) is 30.9. The molecule has 0 fully saturated rings. The van der Waals surface area contributed by atoms with Gasteiger partial charge in [-0.1, -0.05) is 89.7 Å². The Morgan fingerprint density at radius 2 is 1.60 bits per heavy atom. The van der Waals surface area contributed by atoms with Gasteiger partial charge in [-0.25, -0.2) is 4.39 Å². The van der Waals surface area contributed by atoms with E-state index >= 15 is 0 Å². The van der Waals surface area contributed by atoms with Crippen molar-refractivity contribution >= 4 is 48.8 Å². The largest absolute Gasteiger partial charge is 0.512 e. The van der Waals surface area contributed by atoms with Crippen LogP contribution < -0.4 is 0 Å². The van der Waals surface area contributed by atoms with Gasteiger partial charge in [0.25, 0.3) is 0 Å². The molecule has 0 saturated carbocycles. The molecule has 2 aromatic heterocycles. The van der Waals surface area contributed by atoms with Gasteiger partial charge in [0.1, 0.15) is 5.82 Å². The van der Waals surface area contributed by atoms with Crippen molar-refractivity contribution in [2.75, 3.05) is 0 Å². The Bertz CT molecular complexity index is 1810. The molecule has 0 saturated heterocycles. The van der Waals surface area contributed by atoms with Crippen molar-refractivity contribution in [1.82, 2.24) is 4.98 Å². The molecule has 1 N–H and O–H groups in total. The summed E-state index contributed by atoms with van der Waals surface area (Å²) < 4.78 is 15.8. The van der Waals surface area contributed by atoms with Crippen LogP contribution in [0.25, 0.3) is 42.9 Å². The predicted molar refractivity (Wildman–Crippen MR) is 186 cm³/mol. The van der Waals surface area contributed by atoms with Gasteiger partial charge in [-0.2, -0.15) is 0 Å². The Labute approximate surface area is 285 Å². The number of aliphatic hydroxyl groups excluding tert-OH is 1. The zero-order chi connectivity index (χ0) is 32.2. The van der Waals surface area contributed by atoms with Gasteiger partial charge in [0, 0.05) is 53.8 Å². The van der Waals surface area contributed by atoms with Crippen molar-refractivity contribution in [1.29, 1.82) is 0 Å². The molecule has 0 atom stereocenters. The summed E-state index contributed by atoms with van der Waals surface area (Å²) in [5.41, 5.74) is 4.13. The van der Waals surface area contributed by atoms with Crippen molar-refractivity contribution in [2.24, 2.45) is 11.8 Å². The number of ketones is 1. The molecule has 1 radical (unpaired) electrons. The van der Waals surface area contributed by atoms with Crippen LogP contribution in [-0.2, 0) is 30.3 Å². The summed E-state index contributed by atoms with van der Waals surface area (Å²) in [5, 5.41) is 16.8. The number of pyridine rings is 1. The van der Waals surface area contributed by atoms with Crippen LogP contribution in [0.1, 0.15) is 85.3 Å². The minimum atomic E-state index is -0.284. The van der Waals surface area contributed by atoms with Gasteiger partial charge in [0.15, 0.2) is 5.78 Å². The third kappa shape index (κ3) is 7.91. The van der Waals surface area contributed by atoms with E-state index < -0.39 is 0 Å². The molecule has 45 heavy (non-hydrogen) atoms. The number of rotatable bonds is 8. The Morgan fingerprint density at radius 3 is 2.22 bits per heavy atom. The fourth-order valence-corrected chi connectivity index (χ4v) is 6.98. The smallest absolute Gasteiger partial charge is 0.162 e. The Morgan fingerprint density at radius 1 is 0.978 bits per heavy atom. The minimum absolute atomic E-state index is 0. The molecule has 3 nitrogen and oxygen atoms in total. The number of hydrogen-bond donors (Lipinski definition) is 1. The molecule has 0 aliphatic carbocycles. The Balaban J connectivity index is 0.000000297. The quantitative estimate of drug-likeness (QED) is 0.0966. The summed E-state index contributed by atoms with van der Waals surface area (Å²) in [4.78, 5) is 16.3. The molecule has 3 aromatic carbocycles. The van der Waals surface area contributed by atoms with E-state index in [0.717, 1.165) is 57.8 Å². The van der Waals surface area contributed by atoms with Crippen molar-refractivity contribution < 1.29 is 34.4 Å². The number of fused-ring (bicyclic) bond motifs is 4. The molecule has 2 heterocycles. The van der Waals surface area contributed by atoms with Gasteiger partial charge >= 0.3 is 0 Å². The second kappa shape index (κ2) is 15.6. The maximum Gasteiger partial charge on any atom is 0.162 e. The fourth-order valence-electron chi connectivity index (χ4n) is 5.88. The first-order chi connectivity index (χ1) is 20.9. The molecule has 5 rings (SSSR count). The van der Waals surface area contributed by atoms with E-state index in [0.29, 0.717) is 5.39 Å². The zero-order valence-electron chi connectivity index (χ0n) is 27.7. The number of allylic oxidation sites excluding steroid dienone is 2. The molecule has 5 aromatic rings. The van der Waals surface area contributed by atoms with Crippen LogP contribution in [0, 0.1) is 30.6 Å². The van der Waals surface area contributed by atoms with E-state index in [4.69, 9.17) is 0 Å². The summed E-state index contributed by atoms with van der Waals surface area (Å²) in [6.07, 6.45) is 6.24. The van der Waals surface area contributed by atoms with Crippen molar-refractivity contribution in [3.8, 4) is 11.3 Å². The number of halogens is 1. The Kier molecular flexibility index (Phi) is 12.7. The van der Waals surface area contributed by atoms with E-state index in [1.54, 1.807) is 11.3 Å². The van der Waals surface area contributed by atoms with Gasteiger partial charge in [-0.05, 0) is 59.7 Å². The topological polar surface area (TPSA) is 50.2 Å². The van der Waals surface area contributed by atoms with Gasteiger partial charge < -0.3 is 5.11 Å². The van der Waals surface area contributed by atoms with E-state index in [2.05, 4.69) is 68.4 Å². The number of aryl methyl sites for hydroxylation is 1. The molecule has 0 aliphatic rings. The molecule has 0 amide bonds. The van der Waals surface area contributed by atoms with Crippen molar-refractivity contribution in [3.63, 3.8) is 0 Å². The summed E-state index contributed by atoms with van der Waals surface area (Å²) >= 11 is 1.65. The third-order valence-electron chi connectivity index (χ3n) is 8.66. The monoisotopic (exact) mass is 803 g/mol. The van der Waals surface area contributed by atoms with Crippen LogP contribution in [0.15, 0.2) is 65.9 Å². The second-order valence-corrected chi connectivity index (χ2v) is 13.5. The van der Waals surface area contributed by atoms with E-state index in [-0.39, 0.29) is 54.7 Å². The molecule has 0 bridgehead atoms. The van der Waals surface area contributed by atoms with Gasteiger partial charge in [-0.15, -0.1) is 40.5 Å². The molecule has 0 aliphatic heterocycles. The van der Waals surface area contributed by atoms with Crippen molar-refractivity contribution in [3.05, 3.63) is 88.9 Å². The molecule has 241 valence electrons. The van der Waals surface area contributed by atoms with Crippen LogP contribution in [0.4, 0.5) is 4.39 Å². The molecule has 0 spiro atoms. The normalized spacial score (nSPS) is 12.1. The van der Waals surface area contributed by atoms with E-state index in [1.807, 2.05) is 45.9 Å². The average molecular weight is 803 g/mol. The van der Waals surface area contributed by atoms with Gasteiger partial charge in [0.05, 0.1) is 12.0 Å². The summed E-state index contributed by atoms with van der Waals surface area (Å²) in [6.45, 7) is 16.8. The summed E-state index contributed by atoms with van der Waals surface area (Å²) in [6, 6.07) is 18.0. The number of benzene rings is 3. The number of hydrogen-bond acceptors (Lipinski definition) is 4. The first-order valence-corrected chi connectivity index (χ1v) is 16.7. The second-order valence-electron chi connectivity index (χ2n) is 12.6. The van der Waals surface area contributed by atoms with Crippen molar-refractivity contribution in [2.45, 2.75) is 86.5 Å². The fraction of sp³-hybridized carbons (Fsp3) is 0.385. The number of thiophene rings is 1. The molecule has 6 heteroatoms. The maximum atomic E-state index is 14.7. The summed E-state index contributed by atoms with van der Waals surface area (Å²) in [5.74, 6) is 0.264. The van der Waals surface area contributed by atoms with Crippen LogP contribution in [0.3, 0.4) is 0 Å². The minimum Gasteiger partial charge on any atom is -0.512 e.